The van der Waals surface area contributed by atoms with Crippen molar-refractivity contribution in [1.29, 1.82) is 0 Å². The molecule has 1 aliphatic carbocycles. The van der Waals surface area contributed by atoms with Gasteiger partial charge >= 0.3 is 12.1 Å². The number of alkyl carbamates (subject to hydrolysis) is 1. The number of nitrogens with one attached hydrogen (secondary N) is 3. The lowest BCUT2D eigenvalue weighted by atomic mass is 9.93. The Bertz CT molecular complexity index is 1750. The van der Waals surface area contributed by atoms with Gasteiger partial charge in [0, 0.05) is 30.6 Å². The molecule has 5 atom stereocenters. The molecule has 0 fully saturated rings. The molecule has 0 saturated heterocycles. The molecule has 1 aliphatic rings. The minimum absolute atomic E-state index is 0.0674. The highest BCUT2D eigenvalue weighted by molar-refractivity contribution is 7.09. The van der Waals surface area contributed by atoms with Gasteiger partial charge in [-0.1, -0.05) is 86.7 Å². The van der Waals surface area contributed by atoms with E-state index in [1.807, 2.05) is 79.9 Å². The van der Waals surface area contributed by atoms with Gasteiger partial charge in [0.05, 0.1) is 39.8 Å². The van der Waals surface area contributed by atoms with E-state index in [0.717, 1.165) is 46.0 Å². The first-order chi connectivity index (χ1) is 25.6. The molecule has 13 heteroatoms. The Kier molecular flexibility index (Phi) is 15.0. The largest absolute Gasteiger partial charge is 0.444 e. The van der Waals surface area contributed by atoms with Crippen LogP contribution in [0.4, 0.5) is 9.59 Å². The summed E-state index contributed by atoms with van der Waals surface area (Å²) in [7, 11) is 1.70. The van der Waals surface area contributed by atoms with Crippen LogP contribution in [-0.2, 0) is 35.5 Å². The zero-order valence-corrected chi connectivity index (χ0v) is 32.2. The Morgan fingerprint density at radius 3 is 2.32 bits per heavy atom. The maximum absolute atomic E-state index is 14.0. The molecule has 282 valence electrons. The first kappa shape index (κ1) is 39.6. The van der Waals surface area contributed by atoms with E-state index >= 15 is 0 Å². The van der Waals surface area contributed by atoms with Crippen LogP contribution >= 0.6 is 22.7 Å². The van der Waals surface area contributed by atoms with E-state index in [0.29, 0.717) is 25.3 Å². The third-order valence-corrected chi connectivity index (χ3v) is 11.1. The van der Waals surface area contributed by atoms with Crippen LogP contribution in [0.2, 0.25) is 0 Å². The molecule has 0 aliphatic heterocycles. The first-order valence-corrected chi connectivity index (χ1v) is 19.9. The van der Waals surface area contributed by atoms with Crippen molar-refractivity contribution in [1.82, 2.24) is 30.8 Å². The Morgan fingerprint density at radius 2 is 1.68 bits per heavy atom. The first-order valence-electron chi connectivity index (χ1n) is 18.1. The molecule has 1 unspecified atom stereocenters. The molecule has 0 saturated carbocycles. The van der Waals surface area contributed by atoms with E-state index in [9.17, 15) is 19.5 Å². The lowest BCUT2D eigenvalue weighted by molar-refractivity contribution is -0.124. The maximum Gasteiger partial charge on any atom is 0.407 e. The predicted octanol–water partition coefficient (Wildman–Crippen LogP) is 6.61. The molecule has 0 spiro atoms. The van der Waals surface area contributed by atoms with Gasteiger partial charge in [0.1, 0.15) is 12.6 Å². The number of hydrogen-bond acceptors (Lipinski definition) is 9. The second-order valence-corrected chi connectivity index (χ2v) is 15.7. The van der Waals surface area contributed by atoms with E-state index in [1.165, 1.54) is 11.3 Å². The number of urea groups is 1. The zero-order valence-electron chi connectivity index (χ0n) is 30.5. The van der Waals surface area contributed by atoms with Crippen molar-refractivity contribution >= 4 is 40.7 Å². The van der Waals surface area contributed by atoms with Crippen molar-refractivity contribution in [2.75, 3.05) is 7.05 Å². The van der Waals surface area contributed by atoms with Crippen LogP contribution in [-0.4, -0.2) is 69.3 Å². The summed E-state index contributed by atoms with van der Waals surface area (Å²) >= 11 is 3.02. The van der Waals surface area contributed by atoms with Crippen molar-refractivity contribution in [3.05, 3.63) is 117 Å². The summed E-state index contributed by atoms with van der Waals surface area (Å²) in [4.78, 5) is 51.5. The van der Waals surface area contributed by atoms with Crippen LogP contribution in [0.5, 0.6) is 0 Å². The summed E-state index contributed by atoms with van der Waals surface area (Å²) in [6, 6.07) is 16.8. The third kappa shape index (κ3) is 12.5. The van der Waals surface area contributed by atoms with Gasteiger partial charge in [0.15, 0.2) is 0 Å². The van der Waals surface area contributed by atoms with Gasteiger partial charge in [-0.3, -0.25) is 9.78 Å². The standard InChI is InChI=1S/C40H50N6O5S2/c1-27(2)36(45-39(49)46(3)23-32-25-52-38(43-32)30-17-11-6-12-18-30)37(48)42-31(19-28-13-7-4-8-14-28)21-35(47)34(20-29-15-9-5-10-16-29)44-40(50)51-24-33-22-41-26-53-33/h4-11,13-16,22,25-27,30-31,34-36,47H,12,17-21,23-24H2,1-3H3,(H,42,48)(H,44,50)(H,45,49)/t30?,31-,34-,35-,36-/m0/s1. The number of benzene rings is 2. The molecule has 4 N–H and O–H groups in total. The molecule has 11 nitrogen and oxygen atoms in total. The minimum atomic E-state index is -1.05. The number of aliphatic hydroxyl groups excluding tert-OH is 1. The number of allylic oxidation sites excluding steroid dienone is 2. The van der Waals surface area contributed by atoms with Gasteiger partial charge in [-0.25, -0.2) is 14.6 Å². The Hall–Kier alpha value is -4.59. The van der Waals surface area contributed by atoms with Crippen molar-refractivity contribution in [2.45, 2.75) is 95.7 Å². The number of aromatic nitrogens is 2. The van der Waals surface area contributed by atoms with Crippen molar-refractivity contribution in [3.8, 4) is 0 Å². The number of thiazole rings is 2. The molecule has 2 aromatic carbocycles. The lowest BCUT2D eigenvalue weighted by Gasteiger charge is -2.30. The monoisotopic (exact) mass is 758 g/mol. The summed E-state index contributed by atoms with van der Waals surface area (Å²) in [5, 5.41) is 23.7. The normalized spacial score (nSPS) is 16.3. The van der Waals surface area contributed by atoms with Crippen LogP contribution in [0.25, 0.3) is 0 Å². The molecule has 53 heavy (non-hydrogen) atoms. The Morgan fingerprint density at radius 1 is 0.962 bits per heavy atom. The van der Waals surface area contributed by atoms with E-state index in [4.69, 9.17) is 9.72 Å². The quantitative estimate of drug-likeness (QED) is 0.0888. The predicted molar refractivity (Wildman–Crippen MR) is 209 cm³/mol. The molecule has 5 rings (SSSR count). The number of hydrogen-bond donors (Lipinski definition) is 4. The van der Waals surface area contributed by atoms with Crippen LogP contribution in [0.1, 0.15) is 72.2 Å². The maximum atomic E-state index is 14.0. The number of ether oxygens (including phenoxy) is 1. The van der Waals surface area contributed by atoms with Crippen molar-refractivity contribution in [3.63, 3.8) is 0 Å². The Labute approximate surface area is 319 Å². The molecule has 0 radical (unpaired) electrons. The van der Waals surface area contributed by atoms with E-state index < -0.39 is 30.3 Å². The zero-order chi connectivity index (χ0) is 37.6. The summed E-state index contributed by atoms with van der Waals surface area (Å²) < 4.78 is 5.44. The third-order valence-electron chi connectivity index (χ3n) is 9.25. The molecular formula is C40H50N6O5S2. The highest BCUT2D eigenvalue weighted by Crippen LogP contribution is 2.31. The highest BCUT2D eigenvalue weighted by Gasteiger charge is 2.31. The Balaban J connectivity index is 1.25. The SMILES string of the molecule is CC(C)[C@H](NC(=O)N(C)Cc1csc(C2CC=CCC2)n1)C(=O)N[C@@H](Cc1ccccc1)C[C@H](O)[C@H](Cc1ccccc1)NC(=O)OCc1cncs1. The lowest BCUT2D eigenvalue weighted by Crippen LogP contribution is -2.55. The van der Waals surface area contributed by atoms with E-state index in [1.54, 1.807) is 35.0 Å². The van der Waals surface area contributed by atoms with Crippen LogP contribution in [0.15, 0.2) is 89.9 Å². The number of amides is 4. The second kappa shape index (κ2) is 20.0. The van der Waals surface area contributed by atoms with Crippen molar-refractivity contribution in [2.24, 2.45) is 5.92 Å². The number of carbonyl (C=O) groups excluding carboxylic acids is 3. The fraction of sp³-hybridized carbons (Fsp3) is 0.425. The molecule has 2 aromatic heterocycles. The van der Waals surface area contributed by atoms with Gasteiger partial charge in [-0.05, 0) is 55.6 Å². The number of carbonyl (C=O) groups is 3. The van der Waals surface area contributed by atoms with E-state index in [2.05, 4.69) is 33.1 Å². The molecule has 4 aromatic rings. The summed E-state index contributed by atoms with van der Waals surface area (Å²) in [6.45, 7) is 4.16. The van der Waals surface area contributed by atoms with Crippen LogP contribution in [0, 0.1) is 5.92 Å². The summed E-state index contributed by atoms with van der Waals surface area (Å²) in [5.41, 5.74) is 4.39. The second-order valence-electron chi connectivity index (χ2n) is 13.9. The molecule has 0 bridgehead atoms. The van der Waals surface area contributed by atoms with Gasteiger partial charge in [-0.2, -0.15) is 0 Å². The van der Waals surface area contributed by atoms with E-state index in [-0.39, 0.29) is 30.9 Å². The summed E-state index contributed by atoms with van der Waals surface area (Å²) in [6.07, 6.45) is 8.39. The number of aliphatic hydroxyl groups is 1. The summed E-state index contributed by atoms with van der Waals surface area (Å²) in [5.74, 6) is -0.157. The van der Waals surface area contributed by atoms with Crippen LogP contribution in [0.3, 0.4) is 0 Å². The smallest absolute Gasteiger partial charge is 0.407 e. The molecular weight excluding hydrogens is 709 g/mol. The van der Waals surface area contributed by atoms with Gasteiger partial charge in [0.2, 0.25) is 5.91 Å². The average Bonchev–Trinajstić information content (AvgIpc) is 3.86. The molecule has 2 heterocycles. The number of nitrogens with zero attached hydrogens (tertiary/aromatic N) is 3. The average molecular weight is 759 g/mol. The fourth-order valence-corrected chi connectivity index (χ4v) is 7.79. The van der Waals surface area contributed by atoms with Crippen LogP contribution < -0.4 is 16.0 Å². The topological polar surface area (TPSA) is 146 Å². The molecule has 4 amide bonds. The minimum Gasteiger partial charge on any atom is -0.444 e. The van der Waals surface area contributed by atoms with Gasteiger partial charge in [-0.15, -0.1) is 22.7 Å². The fourth-order valence-electron chi connectivity index (χ4n) is 6.33. The van der Waals surface area contributed by atoms with Gasteiger partial charge in [0.25, 0.3) is 0 Å². The van der Waals surface area contributed by atoms with Gasteiger partial charge < -0.3 is 30.7 Å². The number of rotatable bonds is 17. The van der Waals surface area contributed by atoms with Crippen molar-refractivity contribution < 1.29 is 24.2 Å². The highest BCUT2D eigenvalue weighted by atomic mass is 32.1.